The van der Waals surface area contributed by atoms with E-state index in [4.69, 9.17) is 9.15 Å². The highest BCUT2D eigenvalue weighted by molar-refractivity contribution is 5.77. The number of nitrogens with one attached hydrogen (secondary N) is 1. The Hall–Kier alpha value is -1.33. The molecule has 0 aliphatic carbocycles. The number of hydrogen-bond donors (Lipinski definition) is 1. The first-order chi connectivity index (χ1) is 8.65. The van der Waals surface area contributed by atoms with Crippen LogP contribution in [0.15, 0.2) is 22.8 Å². The molecule has 0 fully saturated rings. The molecule has 0 aromatic carbocycles. The van der Waals surface area contributed by atoms with Crippen molar-refractivity contribution in [2.24, 2.45) is 0 Å². The molecule has 1 atom stereocenters. The Balaban J connectivity index is 2.37. The van der Waals surface area contributed by atoms with Crippen LogP contribution in [0, 0.1) is 0 Å². The SMILES string of the molecule is CCCOCC(=O)NCC(c1ccco1)N(C)C. The lowest BCUT2D eigenvalue weighted by atomic mass is 10.2. The second-order valence-electron chi connectivity index (χ2n) is 4.35. The smallest absolute Gasteiger partial charge is 0.246 e. The summed E-state index contributed by atoms with van der Waals surface area (Å²) < 4.78 is 10.5. The zero-order valence-electron chi connectivity index (χ0n) is 11.3. The van der Waals surface area contributed by atoms with E-state index in [-0.39, 0.29) is 18.6 Å². The standard InChI is InChI=1S/C13H22N2O3/c1-4-7-17-10-13(16)14-9-11(15(2)3)12-6-5-8-18-12/h5-6,8,11H,4,7,9-10H2,1-3H3,(H,14,16). The number of amides is 1. The third-order valence-corrected chi connectivity index (χ3v) is 2.57. The lowest BCUT2D eigenvalue weighted by Crippen LogP contribution is -2.36. The highest BCUT2D eigenvalue weighted by atomic mass is 16.5. The maximum absolute atomic E-state index is 11.5. The molecule has 1 rings (SSSR count). The molecule has 0 bridgehead atoms. The second-order valence-corrected chi connectivity index (χ2v) is 4.35. The van der Waals surface area contributed by atoms with Crippen LogP contribution < -0.4 is 5.32 Å². The lowest BCUT2D eigenvalue weighted by Gasteiger charge is -2.22. The van der Waals surface area contributed by atoms with Gasteiger partial charge < -0.3 is 14.5 Å². The van der Waals surface area contributed by atoms with Gasteiger partial charge in [0.1, 0.15) is 12.4 Å². The topological polar surface area (TPSA) is 54.7 Å². The molecule has 5 nitrogen and oxygen atoms in total. The summed E-state index contributed by atoms with van der Waals surface area (Å²) in [7, 11) is 3.90. The fourth-order valence-corrected chi connectivity index (χ4v) is 1.59. The Morgan fingerprint density at radius 1 is 1.56 bits per heavy atom. The van der Waals surface area contributed by atoms with E-state index in [0.29, 0.717) is 13.2 Å². The van der Waals surface area contributed by atoms with Crippen LogP contribution in [0.3, 0.4) is 0 Å². The van der Waals surface area contributed by atoms with Crippen LogP contribution in [0.1, 0.15) is 25.1 Å². The minimum atomic E-state index is -0.0955. The Morgan fingerprint density at radius 3 is 2.89 bits per heavy atom. The molecule has 0 spiro atoms. The van der Waals surface area contributed by atoms with Gasteiger partial charge in [-0.05, 0) is 32.6 Å². The van der Waals surface area contributed by atoms with Crippen molar-refractivity contribution in [3.05, 3.63) is 24.2 Å². The minimum absolute atomic E-state index is 0.0372. The molecule has 1 aromatic heterocycles. The van der Waals surface area contributed by atoms with Gasteiger partial charge in [0.15, 0.2) is 0 Å². The van der Waals surface area contributed by atoms with Gasteiger partial charge in [0.05, 0.1) is 12.3 Å². The van der Waals surface area contributed by atoms with Gasteiger partial charge in [0.2, 0.25) is 5.91 Å². The Kier molecular flexibility index (Phi) is 6.46. The predicted octanol–water partition coefficient (Wildman–Crippen LogP) is 1.43. The van der Waals surface area contributed by atoms with Crippen molar-refractivity contribution in [2.75, 3.05) is 33.9 Å². The maximum atomic E-state index is 11.5. The Morgan fingerprint density at radius 2 is 2.33 bits per heavy atom. The highest BCUT2D eigenvalue weighted by Gasteiger charge is 2.17. The molecular formula is C13H22N2O3. The number of hydrogen-bond acceptors (Lipinski definition) is 4. The summed E-state index contributed by atoms with van der Waals surface area (Å²) in [5, 5.41) is 2.85. The molecule has 0 aliphatic heterocycles. The van der Waals surface area contributed by atoms with Crippen molar-refractivity contribution in [1.82, 2.24) is 10.2 Å². The first kappa shape index (κ1) is 14.7. The molecule has 0 radical (unpaired) electrons. The lowest BCUT2D eigenvalue weighted by molar-refractivity contribution is -0.125. The first-order valence-corrected chi connectivity index (χ1v) is 6.19. The second kappa shape index (κ2) is 7.89. The summed E-state index contributed by atoms with van der Waals surface area (Å²) in [6.07, 6.45) is 2.55. The third-order valence-electron chi connectivity index (χ3n) is 2.57. The first-order valence-electron chi connectivity index (χ1n) is 6.19. The summed E-state index contributed by atoms with van der Waals surface area (Å²) in [6, 6.07) is 3.79. The van der Waals surface area contributed by atoms with E-state index in [2.05, 4.69) is 5.32 Å². The van der Waals surface area contributed by atoms with Crippen LogP contribution in [0.5, 0.6) is 0 Å². The molecule has 1 heterocycles. The largest absolute Gasteiger partial charge is 0.468 e. The van der Waals surface area contributed by atoms with Crippen LogP contribution in [0.4, 0.5) is 0 Å². The van der Waals surface area contributed by atoms with E-state index >= 15 is 0 Å². The van der Waals surface area contributed by atoms with Gasteiger partial charge in [0.25, 0.3) is 0 Å². The third kappa shape index (κ3) is 4.89. The quantitative estimate of drug-likeness (QED) is 0.713. The summed E-state index contributed by atoms with van der Waals surface area (Å²) in [5.41, 5.74) is 0. The van der Waals surface area contributed by atoms with Gasteiger partial charge in [-0.3, -0.25) is 9.69 Å². The fourth-order valence-electron chi connectivity index (χ4n) is 1.59. The van der Waals surface area contributed by atoms with E-state index in [1.54, 1.807) is 6.26 Å². The normalized spacial score (nSPS) is 12.7. The Bertz CT molecular complexity index is 336. The van der Waals surface area contributed by atoms with Crippen LogP contribution in [0.25, 0.3) is 0 Å². The number of ether oxygens (including phenoxy) is 1. The van der Waals surface area contributed by atoms with Crippen molar-refractivity contribution in [2.45, 2.75) is 19.4 Å². The zero-order chi connectivity index (χ0) is 13.4. The summed E-state index contributed by atoms with van der Waals surface area (Å²) >= 11 is 0. The van der Waals surface area contributed by atoms with Crippen LogP contribution in [-0.2, 0) is 9.53 Å². The average molecular weight is 254 g/mol. The van der Waals surface area contributed by atoms with E-state index < -0.39 is 0 Å². The monoisotopic (exact) mass is 254 g/mol. The van der Waals surface area contributed by atoms with E-state index in [1.165, 1.54) is 0 Å². The molecule has 1 amide bonds. The van der Waals surface area contributed by atoms with Crippen LogP contribution >= 0.6 is 0 Å². The molecule has 0 saturated carbocycles. The predicted molar refractivity (Wildman–Crippen MR) is 69.3 cm³/mol. The van der Waals surface area contributed by atoms with Crippen molar-refractivity contribution in [3.63, 3.8) is 0 Å². The summed E-state index contributed by atoms with van der Waals surface area (Å²) in [6.45, 7) is 3.25. The van der Waals surface area contributed by atoms with Crippen molar-refractivity contribution < 1.29 is 13.9 Å². The van der Waals surface area contributed by atoms with E-state index in [0.717, 1.165) is 12.2 Å². The van der Waals surface area contributed by atoms with E-state index in [1.807, 2.05) is 38.1 Å². The average Bonchev–Trinajstić information content (AvgIpc) is 2.83. The number of carbonyl (C=O) groups excluding carboxylic acids is 1. The maximum Gasteiger partial charge on any atom is 0.246 e. The number of nitrogens with zero attached hydrogens (tertiary/aromatic N) is 1. The molecular weight excluding hydrogens is 232 g/mol. The number of rotatable bonds is 8. The van der Waals surface area contributed by atoms with Gasteiger partial charge in [-0.25, -0.2) is 0 Å². The van der Waals surface area contributed by atoms with Gasteiger partial charge in [-0.15, -0.1) is 0 Å². The van der Waals surface area contributed by atoms with Gasteiger partial charge in [-0.1, -0.05) is 6.92 Å². The molecule has 0 saturated heterocycles. The van der Waals surface area contributed by atoms with Crippen molar-refractivity contribution >= 4 is 5.91 Å². The minimum Gasteiger partial charge on any atom is -0.468 e. The van der Waals surface area contributed by atoms with Gasteiger partial charge in [-0.2, -0.15) is 0 Å². The van der Waals surface area contributed by atoms with Gasteiger partial charge in [0, 0.05) is 13.2 Å². The van der Waals surface area contributed by atoms with Crippen molar-refractivity contribution in [3.8, 4) is 0 Å². The van der Waals surface area contributed by atoms with Crippen LogP contribution in [0.2, 0.25) is 0 Å². The molecule has 0 aliphatic rings. The zero-order valence-corrected chi connectivity index (χ0v) is 11.3. The number of carbonyl (C=O) groups is 1. The molecule has 5 heteroatoms. The molecule has 102 valence electrons. The van der Waals surface area contributed by atoms with Gasteiger partial charge >= 0.3 is 0 Å². The number of likely N-dealkylation sites (N-methyl/N-ethyl adjacent to an activating group) is 1. The van der Waals surface area contributed by atoms with Crippen LogP contribution in [-0.4, -0.2) is 44.7 Å². The Labute approximate surface area is 108 Å². The molecule has 18 heavy (non-hydrogen) atoms. The fraction of sp³-hybridized carbons (Fsp3) is 0.615. The van der Waals surface area contributed by atoms with Crippen molar-refractivity contribution in [1.29, 1.82) is 0 Å². The highest BCUT2D eigenvalue weighted by Crippen LogP contribution is 2.17. The summed E-state index contributed by atoms with van der Waals surface area (Å²) in [5.74, 6) is 0.747. The van der Waals surface area contributed by atoms with E-state index in [9.17, 15) is 4.79 Å². The number of furan rings is 1. The molecule has 1 aromatic rings. The molecule has 1 N–H and O–H groups in total. The molecule has 1 unspecified atom stereocenters. The summed E-state index contributed by atoms with van der Waals surface area (Å²) in [4.78, 5) is 13.5.